The Balaban J connectivity index is 3.29. The van der Waals surface area contributed by atoms with Crippen molar-refractivity contribution in [1.29, 1.82) is 0 Å². The largest absolute Gasteiger partial charge is 0.359 e. The average molecular weight is 437 g/mol. The quantitative estimate of drug-likeness (QED) is 0.194. The van der Waals surface area contributed by atoms with Crippen molar-refractivity contribution in [2.45, 2.75) is 58.5 Å². The summed E-state index contributed by atoms with van der Waals surface area (Å²) >= 11 is 0. The molecular formula is C20H40N2O8. The van der Waals surface area contributed by atoms with Crippen LogP contribution in [0, 0.1) is 0 Å². The topological polar surface area (TPSA) is 114 Å². The Morgan fingerprint density at radius 1 is 0.700 bits per heavy atom. The number of methoxy groups -OCH3 is 1. The Hall–Kier alpha value is -1.30. The van der Waals surface area contributed by atoms with Crippen molar-refractivity contribution < 1.29 is 38.0 Å². The van der Waals surface area contributed by atoms with Crippen molar-refractivity contribution in [1.82, 2.24) is 10.6 Å². The summed E-state index contributed by atoms with van der Waals surface area (Å²) in [5, 5.41) is 5.59. The molecule has 0 aromatic rings. The molecular weight excluding hydrogens is 396 g/mol. The summed E-state index contributed by atoms with van der Waals surface area (Å²) in [6, 6.07) is 0. The van der Waals surface area contributed by atoms with Crippen LogP contribution in [0.5, 0.6) is 0 Å². The first kappa shape index (κ1) is 28.7. The zero-order valence-electron chi connectivity index (χ0n) is 18.7. The molecule has 2 N–H and O–H groups in total. The number of nitrogens with one attached hydrogen (secondary N) is 2. The Kier molecular flexibility index (Phi) is 21.4. The van der Waals surface area contributed by atoms with Crippen LogP contribution in [-0.2, 0) is 38.0 Å². The van der Waals surface area contributed by atoms with Crippen molar-refractivity contribution >= 4 is 11.8 Å². The Morgan fingerprint density at radius 2 is 1.20 bits per heavy atom. The van der Waals surface area contributed by atoms with Gasteiger partial charge >= 0.3 is 0 Å². The molecule has 0 aromatic carbocycles. The van der Waals surface area contributed by atoms with Crippen LogP contribution in [0.1, 0.15) is 52.4 Å². The number of hydrogen-bond donors (Lipinski definition) is 2. The predicted octanol–water partition coefficient (Wildman–Crippen LogP) is 1.53. The van der Waals surface area contributed by atoms with E-state index < -0.39 is 0 Å². The molecule has 0 radical (unpaired) electrons. The zero-order chi connectivity index (χ0) is 22.3. The lowest BCUT2D eigenvalue weighted by molar-refractivity contribution is -0.144. The van der Waals surface area contributed by atoms with Crippen LogP contribution in [0.25, 0.3) is 0 Å². The second kappa shape index (κ2) is 22.4. The molecule has 0 saturated heterocycles. The highest BCUT2D eigenvalue weighted by Crippen LogP contribution is 2.05. The van der Waals surface area contributed by atoms with E-state index in [1.807, 2.05) is 13.8 Å². The second-order valence-electron chi connectivity index (χ2n) is 6.81. The number of ether oxygens (including phenoxy) is 6. The van der Waals surface area contributed by atoms with E-state index in [2.05, 4.69) is 10.6 Å². The highest BCUT2D eigenvalue weighted by atomic mass is 16.7. The molecule has 0 aliphatic heterocycles. The van der Waals surface area contributed by atoms with Gasteiger partial charge in [0.25, 0.3) is 0 Å². The summed E-state index contributed by atoms with van der Waals surface area (Å²) in [6.45, 7) is 6.24. The third kappa shape index (κ3) is 23.0. The molecule has 10 heteroatoms. The van der Waals surface area contributed by atoms with Crippen molar-refractivity contribution in [3.05, 3.63) is 0 Å². The average Bonchev–Trinajstić information content (AvgIpc) is 2.71. The molecule has 0 bridgehead atoms. The fraction of sp³-hybridized carbons (Fsp3) is 0.900. The number of carbonyl (C=O) groups is 2. The third-order valence-electron chi connectivity index (χ3n) is 3.71. The molecule has 10 nitrogen and oxygen atoms in total. The van der Waals surface area contributed by atoms with Gasteiger partial charge in [0.1, 0.15) is 27.2 Å². The van der Waals surface area contributed by atoms with Crippen LogP contribution < -0.4 is 10.6 Å². The lowest BCUT2D eigenvalue weighted by Crippen LogP contribution is -2.27. The number of hydrogen-bond acceptors (Lipinski definition) is 8. The first-order valence-electron chi connectivity index (χ1n) is 10.5. The van der Waals surface area contributed by atoms with Gasteiger partial charge in [0.2, 0.25) is 11.8 Å². The van der Waals surface area contributed by atoms with Gasteiger partial charge in [-0.25, -0.2) is 0 Å². The first-order valence-corrected chi connectivity index (χ1v) is 10.5. The van der Waals surface area contributed by atoms with E-state index in [1.54, 1.807) is 0 Å². The molecule has 2 amide bonds. The van der Waals surface area contributed by atoms with Crippen molar-refractivity contribution in [3.8, 4) is 0 Å². The van der Waals surface area contributed by atoms with Gasteiger partial charge < -0.3 is 39.1 Å². The van der Waals surface area contributed by atoms with E-state index >= 15 is 0 Å². The van der Waals surface area contributed by atoms with Crippen LogP contribution in [0.3, 0.4) is 0 Å². The molecule has 0 saturated carbocycles. The summed E-state index contributed by atoms with van der Waals surface area (Å²) in [6.07, 6.45) is 4.53. The van der Waals surface area contributed by atoms with Gasteiger partial charge in [-0.1, -0.05) is 12.8 Å². The van der Waals surface area contributed by atoms with Gasteiger partial charge in [0, 0.05) is 33.0 Å². The van der Waals surface area contributed by atoms with Gasteiger partial charge in [-0.3, -0.25) is 9.59 Å². The molecule has 0 atom stereocenters. The maximum absolute atomic E-state index is 11.7. The highest BCUT2D eigenvalue weighted by Gasteiger charge is 2.03. The van der Waals surface area contributed by atoms with E-state index in [0.29, 0.717) is 39.1 Å². The summed E-state index contributed by atoms with van der Waals surface area (Å²) in [5.74, 6) is 0.0174. The number of carbonyl (C=O) groups excluding carboxylic acids is 2. The third-order valence-corrected chi connectivity index (χ3v) is 3.71. The van der Waals surface area contributed by atoms with Crippen molar-refractivity contribution in [3.63, 3.8) is 0 Å². The van der Waals surface area contributed by atoms with Crippen molar-refractivity contribution in [2.75, 3.05) is 60.6 Å². The molecule has 0 heterocycles. The van der Waals surface area contributed by atoms with E-state index in [4.69, 9.17) is 28.4 Å². The normalized spacial score (nSPS) is 11.1. The number of unbranched alkanes of at least 4 members (excludes halogenated alkanes) is 3. The lowest BCUT2D eigenvalue weighted by atomic mass is 10.1. The monoisotopic (exact) mass is 436 g/mol. The van der Waals surface area contributed by atoms with E-state index in [9.17, 15) is 9.59 Å². The summed E-state index contributed by atoms with van der Waals surface area (Å²) in [4.78, 5) is 23.4. The molecule has 0 aromatic heterocycles. The lowest BCUT2D eigenvalue weighted by Gasteiger charge is -2.09. The Morgan fingerprint density at radius 3 is 1.67 bits per heavy atom. The number of rotatable bonds is 22. The molecule has 0 fully saturated rings. The summed E-state index contributed by atoms with van der Waals surface area (Å²) < 4.78 is 30.4. The van der Waals surface area contributed by atoms with Gasteiger partial charge in [0.05, 0.1) is 19.3 Å². The minimum atomic E-state index is 0.00824. The Bertz CT molecular complexity index is 410. The van der Waals surface area contributed by atoms with Gasteiger partial charge in [-0.05, 0) is 26.7 Å². The molecule has 178 valence electrons. The maximum atomic E-state index is 11.7. The van der Waals surface area contributed by atoms with Gasteiger partial charge in [-0.2, -0.15) is 0 Å². The Labute approximate surface area is 180 Å². The molecule has 30 heavy (non-hydrogen) atoms. The van der Waals surface area contributed by atoms with Crippen LogP contribution >= 0.6 is 0 Å². The molecule has 0 aliphatic carbocycles. The smallest absolute Gasteiger partial charge is 0.220 e. The molecule has 0 rings (SSSR count). The van der Waals surface area contributed by atoms with Crippen LogP contribution in [0.15, 0.2) is 0 Å². The van der Waals surface area contributed by atoms with Crippen LogP contribution in [-0.4, -0.2) is 78.5 Å². The van der Waals surface area contributed by atoms with Crippen molar-refractivity contribution in [2.24, 2.45) is 0 Å². The van der Waals surface area contributed by atoms with Gasteiger partial charge in [0.15, 0.2) is 0 Å². The predicted molar refractivity (Wildman–Crippen MR) is 110 cm³/mol. The van der Waals surface area contributed by atoms with Crippen LogP contribution in [0.4, 0.5) is 0 Å². The minimum absolute atomic E-state index is 0.00824. The summed E-state index contributed by atoms with van der Waals surface area (Å²) in [5.41, 5.74) is 0. The zero-order valence-corrected chi connectivity index (χ0v) is 18.7. The first-order chi connectivity index (χ1) is 14.6. The standard InChI is InChI=1S/C20H40N2O8/c1-18(2)30-17-29-16-27-13-11-22-20(24)9-7-5-4-6-8-19(23)21-10-12-26-15-28-14-25-3/h18H,4-17H2,1-3H3,(H,21,23)(H,22,24). The minimum Gasteiger partial charge on any atom is -0.359 e. The fourth-order valence-electron chi connectivity index (χ4n) is 2.20. The fourth-order valence-corrected chi connectivity index (χ4v) is 2.20. The highest BCUT2D eigenvalue weighted by molar-refractivity contribution is 5.76. The second-order valence-corrected chi connectivity index (χ2v) is 6.81. The molecule has 0 aliphatic rings. The summed E-state index contributed by atoms with van der Waals surface area (Å²) in [7, 11) is 1.54. The number of amides is 2. The van der Waals surface area contributed by atoms with E-state index in [-0.39, 0.29) is 45.1 Å². The molecule has 0 spiro atoms. The van der Waals surface area contributed by atoms with E-state index in [1.165, 1.54) is 7.11 Å². The van der Waals surface area contributed by atoms with Gasteiger partial charge in [-0.15, -0.1) is 0 Å². The molecule has 0 unspecified atom stereocenters. The van der Waals surface area contributed by atoms with Crippen LogP contribution in [0.2, 0.25) is 0 Å². The van der Waals surface area contributed by atoms with E-state index in [0.717, 1.165) is 25.7 Å². The maximum Gasteiger partial charge on any atom is 0.220 e. The SMILES string of the molecule is COCOCOCCNC(=O)CCCCCCC(=O)NCCOCOCOC(C)C.